The predicted molar refractivity (Wildman–Crippen MR) is 155 cm³/mol. The third-order valence-corrected chi connectivity index (χ3v) is 6.98. The molecule has 0 unspecified atom stereocenters. The van der Waals surface area contributed by atoms with Gasteiger partial charge in [-0.05, 0) is 73.0 Å². The third-order valence-electron chi connectivity index (χ3n) is 6.98. The second-order valence-electron chi connectivity index (χ2n) is 9.65. The maximum Gasteiger partial charge on any atom is 0.258 e. The fraction of sp³-hybridized carbons (Fsp3) is 0.0909. The minimum absolute atomic E-state index is 0.159. The number of benzene rings is 3. The van der Waals surface area contributed by atoms with Crippen LogP contribution in [-0.4, -0.2) is 21.8 Å². The van der Waals surface area contributed by atoms with E-state index in [1.165, 1.54) is 0 Å². The summed E-state index contributed by atoms with van der Waals surface area (Å²) in [6.07, 6.45) is 5.12. The number of nitrogens with zero attached hydrogens (tertiary/aromatic N) is 3. The van der Waals surface area contributed by atoms with E-state index in [1.54, 1.807) is 29.6 Å². The highest BCUT2D eigenvalue weighted by Crippen LogP contribution is 2.39. The molecule has 2 aromatic heterocycles. The Morgan fingerprint density at radius 3 is 2.50 bits per heavy atom. The molecule has 1 N–H and O–H groups in total. The molecule has 7 nitrogen and oxygen atoms in total. The number of rotatable bonds is 4. The van der Waals surface area contributed by atoms with Crippen LogP contribution in [0.1, 0.15) is 37.4 Å². The summed E-state index contributed by atoms with van der Waals surface area (Å²) in [5.41, 5.74) is 6.42. The van der Waals surface area contributed by atoms with Crippen molar-refractivity contribution >= 4 is 23.2 Å². The summed E-state index contributed by atoms with van der Waals surface area (Å²) in [4.78, 5) is 37.7. The van der Waals surface area contributed by atoms with Crippen LogP contribution in [0.5, 0.6) is 11.6 Å². The number of ether oxygens (including phenoxy) is 1. The van der Waals surface area contributed by atoms with Crippen LogP contribution in [0.2, 0.25) is 0 Å². The van der Waals surface area contributed by atoms with E-state index in [1.807, 2.05) is 92.7 Å². The number of nitrogens with one attached hydrogen (secondary N) is 1. The van der Waals surface area contributed by atoms with Crippen LogP contribution in [0.3, 0.4) is 0 Å². The van der Waals surface area contributed by atoms with Crippen LogP contribution >= 0.6 is 0 Å². The lowest BCUT2D eigenvalue weighted by atomic mass is 9.99. The van der Waals surface area contributed by atoms with Gasteiger partial charge in [0.05, 0.1) is 12.2 Å². The fourth-order valence-corrected chi connectivity index (χ4v) is 4.91. The molecule has 40 heavy (non-hydrogen) atoms. The Labute approximate surface area is 232 Å². The number of carbonyl (C=O) groups excluding carboxylic acids is 2. The topological polar surface area (TPSA) is 84.4 Å². The van der Waals surface area contributed by atoms with Gasteiger partial charge >= 0.3 is 0 Å². The van der Waals surface area contributed by atoms with Gasteiger partial charge in [-0.15, -0.1) is 0 Å². The van der Waals surface area contributed by atoms with Gasteiger partial charge in [-0.25, -0.2) is 4.98 Å². The number of carbonyl (C=O) groups is 2. The van der Waals surface area contributed by atoms with Gasteiger partial charge in [0.1, 0.15) is 0 Å². The SMILES string of the molecule is Cc1cc(C(=O)N2Cc3cccnc3Oc3ccccc32)c(C)cc1NC(=O)c1ccccc1-c1cccnc1. The second-order valence-corrected chi connectivity index (χ2v) is 9.65. The van der Waals surface area contributed by atoms with Gasteiger partial charge in [0, 0.05) is 46.5 Å². The summed E-state index contributed by atoms with van der Waals surface area (Å²) in [5, 5.41) is 3.05. The van der Waals surface area contributed by atoms with Gasteiger partial charge in [-0.1, -0.05) is 42.5 Å². The van der Waals surface area contributed by atoms with Crippen molar-refractivity contribution in [2.24, 2.45) is 0 Å². The molecule has 0 atom stereocenters. The Kier molecular flexibility index (Phi) is 6.54. The molecule has 7 heteroatoms. The van der Waals surface area contributed by atoms with Crippen molar-refractivity contribution in [1.29, 1.82) is 0 Å². The minimum atomic E-state index is -0.233. The molecule has 3 aromatic carbocycles. The van der Waals surface area contributed by atoms with Crippen LogP contribution in [0, 0.1) is 13.8 Å². The normalized spacial score (nSPS) is 12.0. The number of anilines is 2. The highest BCUT2D eigenvalue weighted by molar-refractivity contribution is 6.11. The number of aromatic nitrogens is 2. The van der Waals surface area contributed by atoms with Crippen molar-refractivity contribution in [2.45, 2.75) is 20.4 Å². The van der Waals surface area contributed by atoms with Crippen molar-refractivity contribution in [3.63, 3.8) is 0 Å². The summed E-state index contributed by atoms with van der Waals surface area (Å²) >= 11 is 0. The molecule has 0 fully saturated rings. The maximum absolute atomic E-state index is 14.0. The zero-order valence-corrected chi connectivity index (χ0v) is 22.1. The quantitative estimate of drug-likeness (QED) is 0.274. The monoisotopic (exact) mass is 526 g/mol. The standard InChI is InChI=1S/C33H26N4O3/c1-21-18-28(36-31(38)26-12-4-3-11-25(26)23-9-7-15-34-19-23)22(2)17-27(21)33(39)37-20-24-10-8-16-35-32(24)40-30-14-6-5-13-29(30)37/h3-19H,20H2,1-2H3,(H,36,38). The van der Waals surface area contributed by atoms with Crippen LogP contribution in [-0.2, 0) is 6.54 Å². The number of para-hydroxylation sites is 2. The minimum Gasteiger partial charge on any atom is -0.436 e. The molecule has 0 saturated heterocycles. The van der Waals surface area contributed by atoms with Crippen molar-refractivity contribution in [3.8, 4) is 22.8 Å². The van der Waals surface area contributed by atoms with E-state index in [4.69, 9.17) is 4.74 Å². The lowest BCUT2D eigenvalue weighted by Gasteiger charge is -2.23. The molecule has 0 saturated carbocycles. The van der Waals surface area contributed by atoms with Crippen LogP contribution < -0.4 is 15.0 Å². The van der Waals surface area contributed by atoms with Crippen molar-refractivity contribution < 1.29 is 14.3 Å². The predicted octanol–water partition coefficient (Wildman–Crippen LogP) is 6.97. The zero-order valence-electron chi connectivity index (χ0n) is 22.1. The lowest BCUT2D eigenvalue weighted by Crippen LogP contribution is -2.30. The molecule has 2 amide bonds. The lowest BCUT2D eigenvalue weighted by molar-refractivity contribution is 0.0983. The Morgan fingerprint density at radius 2 is 1.65 bits per heavy atom. The summed E-state index contributed by atoms with van der Waals surface area (Å²) in [6.45, 7) is 4.08. The molecule has 196 valence electrons. The van der Waals surface area contributed by atoms with Gasteiger partial charge in [-0.2, -0.15) is 0 Å². The van der Waals surface area contributed by atoms with E-state index < -0.39 is 0 Å². The number of hydrogen-bond donors (Lipinski definition) is 1. The Morgan fingerprint density at radius 1 is 0.850 bits per heavy atom. The average Bonchev–Trinajstić information content (AvgIpc) is 3.16. The fourth-order valence-electron chi connectivity index (χ4n) is 4.91. The van der Waals surface area contributed by atoms with Gasteiger partial charge in [-0.3, -0.25) is 14.6 Å². The first-order chi connectivity index (χ1) is 19.5. The average molecular weight is 527 g/mol. The summed E-state index contributed by atoms with van der Waals surface area (Å²) in [5.74, 6) is 0.665. The molecule has 5 aromatic rings. The molecule has 0 radical (unpaired) electrons. The van der Waals surface area contributed by atoms with E-state index in [2.05, 4.69) is 15.3 Å². The largest absolute Gasteiger partial charge is 0.436 e. The van der Waals surface area contributed by atoms with E-state index in [-0.39, 0.29) is 11.8 Å². The highest BCUT2D eigenvalue weighted by Gasteiger charge is 2.28. The molecule has 6 rings (SSSR count). The van der Waals surface area contributed by atoms with E-state index in [0.717, 1.165) is 27.8 Å². The number of pyridine rings is 2. The Bertz CT molecular complexity index is 1750. The number of amides is 2. The molecule has 0 bridgehead atoms. The van der Waals surface area contributed by atoms with Crippen LogP contribution in [0.15, 0.2) is 104 Å². The van der Waals surface area contributed by atoms with Gasteiger partial charge < -0.3 is 15.0 Å². The Hall–Kier alpha value is -5.30. The van der Waals surface area contributed by atoms with Crippen LogP contribution in [0.4, 0.5) is 11.4 Å². The van der Waals surface area contributed by atoms with Crippen molar-refractivity contribution in [2.75, 3.05) is 10.2 Å². The highest BCUT2D eigenvalue weighted by atomic mass is 16.5. The van der Waals surface area contributed by atoms with Gasteiger partial charge in [0.2, 0.25) is 5.88 Å². The van der Waals surface area contributed by atoms with Crippen LogP contribution in [0.25, 0.3) is 11.1 Å². The first-order valence-corrected chi connectivity index (χ1v) is 12.9. The molecular formula is C33H26N4O3. The molecule has 3 heterocycles. The first-order valence-electron chi connectivity index (χ1n) is 12.9. The molecule has 1 aliphatic rings. The number of fused-ring (bicyclic) bond motifs is 2. The smallest absolute Gasteiger partial charge is 0.258 e. The van der Waals surface area contributed by atoms with Gasteiger partial charge in [0.25, 0.3) is 11.8 Å². The van der Waals surface area contributed by atoms with Crippen molar-refractivity contribution in [3.05, 3.63) is 131 Å². The molecule has 0 spiro atoms. The molecule has 0 aliphatic carbocycles. The Balaban J connectivity index is 1.31. The molecular weight excluding hydrogens is 500 g/mol. The maximum atomic E-state index is 14.0. The summed E-state index contributed by atoms with van der Waals surface area (Å²) in [7, 11) is 0. The van der Waals surface area contributed by atoms with Crippen molar-refractivity contribution in [1.82, 2.24) is 9.97 Å². The number of aryl methyl sites for hydroxylation is 2. The van der Waals surface area contributed by atoms with E-state index in [9.17, 15) is 9.59 Å². The van der Waals surface area contributed by atoms with Gasteiger partial charge in [0.15, 0.2) is 5.75 Å². The molecule has 1 aliphatic heterocycles. The second kappa shape index (κ2) is 10.5. The first kappa shape index (κ1) is 25.0. The number of hydrogen-bond acceptors (Lipinski definition) is 5. The third kappa shape index (κ3) is 4.69. The van der Waals surface area contributed by atoms with E-state index in [0.29, 0.717) is 40.7 Å². The van der Waals surface area contributed by atoms with E-state index >= 15 is 0 Å². The summed E-state index contributed by atoms with van der Waals surface area (Å²) < 4.78 is 6.06. The zero-order chi connectivity index (χ0) is 27.6. The summed E-state index contributed by atoms with van der Waals surface area (Å²) in [6, 6.07) is 26.1.